The van der Waals surface area contributed by atoms with Crippen molar-refractivity contribution in [2.24, 2.45) is 23.7 Å². The van der Waals surface area contributed by atoms with Crippen molar-refractivity contribution in [1.29, 1.82) is 0 Å². The number of hydrogen-bond donors (Lipinski definition) is 2. The molecule has 2 aliphatic carbocycles. The van der Waals surface area contributed by atoms with Crippen molar-refractivity contribution in [2.75, 3.05) is 6.61 Å². The Morgan fingerprint density at radius 3 is 2.54 bits per heavy atom. The first-order valence-corrected chi connectivity index (χ1v) is 10.8. The molecule has 4 unspecified atom stereocenters. The van der Waals surface area contributed by atoms with Gasteiger partial charge in [0.15, 0.2) is 18.4 Å². The van der Waals surface area contributed by atoms with Crippen LogP contribution in [0.1, 0.15) is 78.1 Å². The Bertz CT molecular complexity index is 489. The predicted octanol–water partition coefficient (Wildman–Crippen LogP) is 3.57. The molecule has 26 heavy (non-hydrogen) atoms. The molecule has 150 valence electrons. The SMILES string of the molecule is C[C@H]1C(OCC2CCCCC2)O[C@@H]2OC(C)(O)CCC3CCCC1[C@]32O. The zero-order valence-corrected chi connectivity index (χ0v) is 16.4. The molecule has 4 fully saturated rings. The molecule has 7 atom stereocenters. The second-order valence-electron chi connectivity index (χ2n) is 9.49. The van der Waals surface area contributed by atoms with Crippen LogP contribution in [-0.2, 0) is 14.2 Å². The number of ether oxygens (including phenoxy) is 3. The molecule has 0 spiro atoms. The Morgan fingerprint density at radius 1 is 1.00 bits per heavy atom. The van der Waals surface area contributed by atoms with Crippen molar-refractivity contribution >= 4 is 0 Å². The van der Waals surface area contributed by atoms with E-state index in [9.17, 15) is 10.2 Å². The van der Waals surface area contributed by atoms with Gasteiger partial charge in [0.25, 0.3) is 0 Å². The van der Waals surface area contributed by atoms with Crippen LogP contribution in [0.15, 0.2) is 0 Å². The van der Waals surface area contributed by atoms with Gasteiger partial charge < -0.3 is 24.4 Å². The molecule has 2 saturated carbocycles. The fourth-order valence-electron chi connectivity index (χ4n) is 5.95. The number of aliphatic hydroxyl groups is 2. The summed E-state index contributed by atoms with van der Waals surface area (Å²) in [5, 5.41) is 22.2. The maximum atomic E-state index is 11.7. The second kappa shape index (κ2) is 7.32. The van der Waals surface area contributed by atoms with E-state index >= 15 is 0 Å². The summed E-state index contributed by atoms with van der Waals surface area (Å²) < 4.78 is 18.3. The van der Waals surface area contributed by atoms with Gasteiger partial charge in [0.1, 0.15) is 5.60 Å². The zero-order valence-electron chi connectivity index (χ0n) is 16.4. The Kier molecular flexibility index (Phi) is 5.39. The minimum absolute atomic E-state index is 0.102. The van der Waals surface area contributed by atoms with Gasteiger partial charge >= 0.3 is 0 Å². The molecule has 2 N–H and O–H groups in total. The van der Waals surface area contributed by atoms with Gasteiger partial charge in [-0.15, -0.1) is 0 Å². The minimum Gasteiger partial charge on any atom is -0.384 e. The lowest BCUT2D eigenvalue weighted by atomic mass is 9.61. The average Bonchev–Trinajstić information content (AvgIpc) is 2.72. The quantitative estimate of drug-likeness (QED) is 0.797. The van der Waals surface area contributed by atoms with Gasteiger partial charge in [0.05, 0.1) is 6.61 Å². The fraction of sp³-hybridized carbons (Fsp3) is 1.00. The molecule has 0 aromatic rings. The van der Waals surface area contributed by atoms with Gasteiger partial charge in [-0.2, -0.15) is 0 Å². The lowest BCUT2D eigenvalue weighted by Gasteiger charge is -2.55. The molecular formula is C21H36O5. The highest BCUT2D eigenvalue weighted by Crippen LogP contribution is 2.54. The first-order valence-electron chi connectivity index (χ1n) is 10.8. The van der Waals surface area contributed by atoms with E-state index in [1.807, 2.05) is 0 Å². The van der Waals surface area contributed by atoms with E-state index in [0.717, 1.165) is 32.3 Å². The van der Waals surface area contributed by atoms with Gasteiger partial charge in [-0.1, -0.05) is 32.6 Å². The highest BCUT2D eigenvalue weighted by atomic mass is 16.8. The van der Waals surface area contributed by atoms with Crippen LogP contribution < -0.4 is 0 Å². The molecule has 0 radical (unpaired) electrons. The van der Waals surface area contributed by atoms with Crippen LogP contribution in [0.3, 0.4) is 0 Å². The zero-order chi connectivity index (χ0) is 18.4. The highest BCUT2D eigenvalue weighted by Gasteiger charge is 2.62. The van der Waals surface area contributed by atoms with Crippen molar-refractivity contribution < 1.29 is 24.4 Å². The van der Waals surface area contributed by atoms with Crippen LogP contribution in [0.4, 0.5) is 0 Å². The van der Waals surface area contributed by atoms with E-state index in [1.54, 1.807) is 6.92 Å². The van der Waals surface area contributed by atoms with E-state index in [2.05, 4.69) is 6.92 Å². The summed E-state index contributed by atoms with van der Waals surface area (Å²) in [6, 6.07) is 0. The van der Waals surface area contributed by atoms with E-state index in [1.165, 1.54) is 32.1 Å². The number of hydrogen-bond acceptors (Lipinski definition) is 5. The first kappa shape index (κ1) is 19.1. The smallest absolute Gasteiger partial charge is 0.193 e. The van der Waals surface area contributed by atoms with Crippen molar-refractivity contribution in [3.63, 3.8) is 0 Å². The summed E-state index contributed by atoms with van der Waals surface area (Å²) in [7, 11) is 0. The van der Waals surface area contributed by atoms with E-state index in [-0.39, 0.29) is 24.0 Å². The van der Waals surface area contributed by atoms with Crippen molar-refractivity contribution in [1.82, 2.24) is 0 Å². The van der Waals surface area contributed by atoms with Crippen molar-refractivity contribution in [3.05, 3.63) is 0 Å². The van der Waals surface area contributed by atoms with Crippen LogP contribution in [0.25, 0.3) is 0 Å². The Hall–Kier alpha value is -0.200. The normalized spacial score (nSPS) is 50.1. The van der Waals surface area contributed by atoms with E-state index < -0.39 is 17.7 Å². The molecule has 0 bridgehead atoms. The van der Waals surface area contributed by atoms with Crippen molar-refractivity contribution in [2.45, 2.75) is 102 Å². The molecule has 4 rings (SSSR count). The minimum atomic E-state index is -1.25. The molecule has 5 heteroatoms. The summed E-state index contributed by atoms with van der Waals surface area (Å²) in [6.45, 7) is 4.56. The average molecular weight is 369 g/mol. The summed E-state index contributed by atoms with van der Waals surface area (Å²) in [4.78, 5) is 0. The molecule has 5 nitrogen and oxygen atoms in total. The molecule has 2 aliphatic heterocycles. The van der Waals surface area contributed by atoms with Crippen LogP contribution in [0.5, 0.6) is 0 Å². The fourth-order valence-corrected chi connectivity index (χ4v) is 5.95. The van der Waals surface area contributed by atoms with E-state index in [0.29, 0.717) is 12.3 Å². The third kappa shape index (κ3) is 3.46. The van der Waals surface area contributed by atoms with Gasteiger partial charge in [0.2, 0.25) is 0 Å². The summed E-state index contributed by atoms with van der Waals surface area (Å²) in [5.41, 5.74) is -1.01. The van der Waals surface area contributed by atoms with Gasteiger partial charge in [-0.05, 0) is 50.9 Å². The van der Waals surface area contributed by atoms with Gasteiger partial charge in [-0.3, -0.25) is 0 Å². The van der Waals surface area contributed by atoms with Crippen LogP contribution in [0.2, 0.25) is 0 Å². The molecule has 2 heterocycles. The molecule has 0 amide bonds. The van der Waals surface area contributed by atoms with Crippen LogP contribution in [0, 0.1) is 23.7 Å². The lowest BCUT2D eigenvalue weighted by molar-refractivity contribution is -0.406. The maximum absolute atomic E-state index is 11.7. The third-order valence-electron chi connectivity index (χ3n) is 7.55. The summed E-state index contributed by atoms with van der Waals surface area (Å²) >= 11 is 0. The lowest BCUT2D eigenvalue weighted by Crippen LogP contribution is -2.65. The maximum Gasteiger partial charge on any atom is 0.193 e. The van der Waals surface area contributed by atoms with Crippen LogP contribution >= 0.6 is 0 Å². The van der Waals surface area contributed by atoms with Crippen molar-refractivity contribution in [3.8, 4) is 0 Å². The summed E-state index contributed by atoms with van der Waals surface area (Å²) in [5.74, 6) is -0.268. The second-order valence-corrected chi connectivity index (χ2v) is 9.49. The predicted molar refractivity (Wildman–Crippen MR) is 97.1 cm³/mol. The molecule has 0 aromatic carbocycles. The Labute approximate surface area is 157 Å². The van der Waals surface area contributed by atoms with Crippen LogP contribution in [-0.4, -0.2) is 40.8 Å². The molecule has 2 saturated heterocycles. The highest BCUT2D eigenvalue weighted by molar-refractivity contribution is 5.05. The Morgan fingerprint density at radius 2 is 1.77 bits per heavy atom. The molecule has 4 aliphatic rings. The standard InChI is InChI=1S/C21H36O5/c1-14-17-10-6-9-16-11-12-20(2,22)26-19(21(16,17)23)25-18(14)24-13-15-7-4-3-5-8-15/h14-19,22-23H,3-13H2,1-2H3/t14-,16?,17?,18?,19-,20?,21-/m1/s1. The number of rotatable bonds is 3. The first-order chi connectivity index (χ1) is 12.4. The topological polar surface area (TPSA) is 68.2 Å². The van der Waals surface area contributed by atoms with E-state index in [4.69, 9.17) is 14.2 Å². The molecular weight excluding hydrogens is 332 g/mol. The van der Waals surface area contributed by atoms with Gasteiger partial charge in [-0.25, -0.2) is 0 Å². The monoisotopic (exact) mass is 368 g/mol. The summed E-state index contributed by atoms with van der Waals surface area (Å²) in [6.07, 6.45) is 9.64. The molecule has 0 aromatic heterocycles. The third-order valence-corrected chi connectivity index (χ3v) is 7.55. The van der Waals surface area contributed by atoms with Gasteiger partial charge in [0, 0.05) is 18.3 Å². The Balaban J connectivity index is 1.51. The largest absolute Gasteiger partial charge is 0.384 e.